The number of hydrogen-bond acceptors (Lipinski definition) is 5. The molecule has 7 nitrogen and oxygen atoms in total. The molecule has 0 bridgehead atoms. The van der Waals surface area contributed by atoms with E-state index in [-0.39, 0.29) is 37.9 Å². The molecule has 0 aliphatic carbocycles. The number of halogens is 1. The third kappa shape index (κ3) is 7.62. The van der Waals surface area contributed by atoms with E-state index < -0.39 is 7.82 Å². The van der Waals surface area contributed by atoms with Gasteiger partial charge in [0, 0.05) is 24.6 Å². The summed E-state index contributed by atoms with van der Waals surface area (Å²) in [5, 5.41) is 0. The Bertz CT molecular complexity index is 739. The number of carbonyl (C=O) groups excluding carboxylic acids is 2. The van der Waals surface area contributed by atoms with Crippen molar-refractivity contribution >= 4 is 31.4 Å². The fraction of sp³-hybridized carbons (Fsp3) is 0.222. The van der Waals surface area contributed by atoms with Gasteiger partial charge in [0.1, 0.15) is 0 Å². The zero-order valence-corrected chi connectivity index (χ0v) is 16.0. The molecule has 27 heavy (non-hydrogen) atoms. The lowest BCUT2D eigenvalue weighted by atomic mass is 10.2. The second kappa shape index (κ2) is 10.3. The van der Waals surface area contributed by atoms with Crippen LogP contribution in [0.3, 0.4) is 0 Å². The Morgan fingerprint density at radius 1 is 0.852 bits per heavy atom. The molecule has 1 saturated heterocycles. The van der Waals surface area contributed by atoms with E-state index in [1.54, 1.807) is 0 Å². The molecule has 2 amide bonds. The van der Waals surface area contributed by atoms with Gasteiger partial charge in [-0.25, -0.2) is 4.57 Å². The molecule has 0 spiro atoms. The van der Waals surface area contributed by atoms with Crippen LogP contribution in [-0.4, -0.2) is 21.1 Å². The molecule has 1 aliphatic heterocycles. The summed E-state index contributed by atoms with van der Waals surface area (Å²) >= 11 is 5.15. The molecule has 1 aliphatic rings. The maximum atomic E-state index is 11.7. The molecule has 1 N–H and O–H groups in total. The van der Waals surface area contributed by atoms with E-state index >= 15 is 0 Å². The second-order valence-electron chi connectivity index (χ2n) is 5.55. The lowest BCUT2D eigenvalue weighted by molar-refractivity contribution is -0.132. The van der Waals surface area contributed by atoms with Crippen LogP contribution in [-0.2, 0) is 36.4 Å². The number of nitrogens with zero attached hydrogens (tertiary/aromatic N) is 1. The maximum absolute atomic E-state index is 11.7. The molecule has 0 saturated carbocycles. The highest BCUT2D eigenvalue weighted by atomic mass is 35.5. The summed E-state index contributed by atoms with van der Waals surface area (Å²) in [6, 6.07) is 18.4. The van der Waals surface area contributed by atoms with Crippen LogP contribution in [0.2, 0.25) is 0 Å². The molecular weight excluding hydrogens is 393 g/mol. The van der Waals surface area contributed by atoms with Crippen LogP contribution in [0.25, 0.3) is 0 Å². The first-order chi connectivity index (χ1) is 12.9. The van der Waals surface area contributed by atoms with Gasteiger partial charge in [0.15, 0.2) is 0 Å². The molecule has 2 aromatic rings. The molecule has 0 radical (unpaired) electrons. The lowest BCUT2D eigenvalue weighted by Crippen LogP contribution is -2.16. The van der Waals surface area contributed by atoms with Crippen LogP contribution >= 0.6 is 19.6 Å². The first-order valence-electron chi connectivity index (χ1n) is 8.09. The van der Waals surface area contributed by atoms with Crippen LogP contribution in [0, 0.1) is 0 Å². The summed E-state index contributed by atoms with van der Waals surface area (Å²) in [4.78, 5) is 30.3. The predicted molar refractivity (Wildman–Crippen MR) is 99.2 cm³/mol. The van der Waals surface area contributed by atoms with Gasteiger partial charge >= 0.3 is 7.82 Å². The molecule has 0 aromatic heterocycles. The third-order valence-corrected chi connectivity index (χ3v) is 4.75. The third-order valence-electron chi connectivity index (χ3n) is 3.47. The van der Waals surface area contributed by atoms with E-state index in [0.29, 0.717) is 4.42 Å². The molecule has 1 heterocycles. The van der Waals surface area contributed by atoms with Crippen molar-refractivity contribution in [1.29, 1.82) is 0 Å². The summed E-state index contributed by atoms with van der Waals surface area (Å²) in [5.41, 5.74) is 1.64. The quantitative estimate of drug-likeness (QED) is 0.441. The van der Waals surface area contributed by atoms with Crippen molar-refractivity contribution in [2.45, 2.75) is 26.1 Å². The summed E-state index contributed by atoms with van der Waals surface area (Å²) in [7, 11) is -4.02. The fourth-order valence-electron chi connectivity index (χ4n) is 2.05. The summed E-state index contributed by atoms with van der Waals surface area (Å²) in [5.74, 6) is -0.590. The minimum Gasteiger partial charge on any atom is -0.302 e. The predicted octanol–water partition coefficient (Wildman–Crippen LogP) is 3.81. The zero-order chi connectivity index (χ0) is 19.7. The standard InChI is InChI=1S/C14H15O4P.C4H4ClNO2/c15-19(16,17-11-13-7-3-1-4-8-13)18-12-14-9-5-2-6-10-14;5-6-3(7)1-2-4(6)8/h1-10H,11-12H2,(H,15,16);1-2H2. The van der Waals surface area contributed by atoms with Crippen LogP contribution in [0.1, 0.15) is 24.0 Å². The number of phosphoric ester groups is 1. The largest absolute Gasteiger partial charge is 0.472 e. The van der Waals surface area contributed by atoms with Crippen LogP contribution in [0.15, 0.2) is 60.7 Å². The lowest BCUT2D eigenvalue weighted by Gasteiger charge is -2.12. The number of carbonyl (C=O) groups is 2. The van der Waals surface area contributed by atoms with Gasteiger partial charge < -0.3 is 4.89 Å². The number of imide groups is 1. The van der Waals surface area contributed by atoms with Crippen LogP contribution in [0.5, 0.6) is 0 Å². The second-order valence-corrected chi connectivity index (χ2v) is 7.35. The van der Waals surface area contributed by atoms with E-state index in [0.717, 1.165) is 11.1 Å². The van der Waals surface area contributed by atoms with Crippen molar-refractivity contribution in [3.63, 3.8) is 0 Å². The van der Waals surface area contributed by atoms with E-state index in [4.69, 9.17) is 20.8 Å². The monoisotopic (exact) mass is 411 g/mol. The molecule has 2 aromatic carbocycles. The number of amides is 2. The van der Waals surface area contributed by atoms with Gasteiger partial charge in [-0.3, -0.25) is 18.6 Å². The Morgan fingerprint density at radius 3 is 1.52 bits per heavy atom. The average molecular weight is 412 g/mol. The van der Waals surface area contributed by atoms with Crippen molar-refractivity contribution in [1.82, 2.24) is 4.42 Å². The Balaban J connectivity index is 0.000000273. The van der Waals surface area contributed by atoms with Crippen molar-refractivity contribution in [2.24, 2.45) is 0 Å². The van der Waals surface area contributed by atoms with Crippen molar-refractivity contribution in [2.75, 3.05) is 0 Å². The highest BCUT2D eigenvalue weighted by Crippen LogP contribution is 2.44. The Kier molecular flexibility index (Phi) is 8.16. The first-order valence-corrected chi connectivity index (χ1v) is 9.92. The van der Waals surface area contributed by atoms with E-state index in [9.17, 15) is 19.0 Å². The summed E-state index contributed by atoms with van der Waals surface area (Å²) < 4.78 is 22.2. The van der Waals surface area contributed by atoms with Crippen molar-refractivity contribution < 1.29 is 28.1 Å². The van der Waals surface area contributed by atoms with Gasteiger partial charge in [-0.1, -0.05) is 60.7 Å². The molecular formula is C18H19ClNO6P. The van der Waals surface area contributed by atoms with Crippen molar-refractivity contribution in [3.05, 3.63) is 71.8 Å². The summed E-state index contributed by atoms with van der Waals surface area (Å²) in [6.45, 7) is 0.0901. The molecule has 3 rings (SSSR count). The fourth-order valence-corrected chi connectivity index (χ4v) is 2.92. The maximum Gasteiger partial charge on any atom is 0.472 e. The highest BCUT2D eigenvalue weighted by Gasteiger charge is 2.26. The number of benzene rings is 2. The highest BCUT2D eigenvalue weighted by molar-refractivity contribution is 7.47. The van der Waals surface area contributed by atoms with E-state index in [1.165, 1.54) is 0 Å². The van der Waals surface area contributed by atoms with Crippen molar-refractivity contribution in [3.8, 4) is 0 Å². The van der Waals surface area contributed by atoms with Gasteiger partial charge in [0.05, 0.1) is 13.2 Å². The number of phosphoric acid groups is 1. The molecule has 0 unspecified atom stereocenters. The first kappa shape index (κ1) is 21.3. The zero-order valence-electron chi connectivity index (χ0n) is 14.4. The van der Waals surface area contributed by atoms with Gasteiger partial charge in [0.25, 0.3) is 0 Å². The Hall–Kier alpha value is -2.02. The van der Waals surface area contributed by atoms with Gasteiger partial charge in [-0.15, -0.1) is 0 Å². The molecule has 0 atom stereocenters. The Morgan fingerprint density at radius 2 is 1.22 bits per heavy atom. The normalized spacial score (nSPS) is 14.1. The molecule has 1 fully saturated rings. The SMILES string of the molecule is O=C1CCC(=O)N1Cl.O=P(O)(OCc1ccccc1)OCc1ccccc1. The van der Waals surface area contributed by atoms with E-state index in [2.05, 4.69) is 0 Å². The van der Waals surface area contributed by atoms with Gasteiger partial charge in [-0.05, 0) is 11.1 Å². The molecule has 144 valence electrons. The van der Waals surface area contributed by atoms with Gasteiger partial charge in [0.2, 0.25) is 11.8 Å². The smallest absolute Gasteiger partial charge is 0.302 e. The summed E-state index contributed by atoms with van der Waals surface area (Å²) in [6.07, 6.45) is 0.532. The van der Waals surface area contributed by atoms with E-state index in [1.807, 2.05) is 60.7 Å². The Labute approximate surface area is 162 Å². The average Bonchev–Trinajstić information content (AvgIpc) is 2.98. The number of hydrogen-bond donors (Lipinski definition) is 1. The topological polar surface area (TPSA) is 93.1 Å². The van der Waals surface area contributed by atoms with Gasteiger partial charge in [-0.2, -0.15) is 4.42 Å². The van der Waals surface area contributed by atoms with Crippen LogP contribution < -0.4 is 0 Å². The minimum absolute atomic E-state index is 0.0450. The number of rotatable bonds is 6. The van der Waals surface area contributed by atoms with Crippen LogP contribution in [0.4, 0.5) is 0 Å². The minimum atomic E-state index is -4.02. The molecule has 9 heteroatoms.